The molecule has 0 amide bonds. The Kier molecular flexibility index (Phi) is 2.32. The molecule has 3 rings (SSSR count). The van der Waals surface area contributed by atoms with E-state index in [-0.39, 0.29) is 12.7 Å². The Morgan fingerprint density at radius 3 is 2.88 bits per heavy atom. The van der Waals surface area contributed by atoms with Crippen LogP contribution in [0.3, 0.4) is 0 Å². The molecule has 0 aromatic carbocycles. The molecule has 0 spiro atoms. The number of allylic oxidation sites excluding steroid dienone is 1. The lowest BCUT2D eigenvalue weighted by Gasteiger charge is -2.19. The Hall–Kier alpha value is -1.56. The van der Waals surface area contributed by atoms with E-state index in [1.807, 2.05) is 0 Å². The van der Waals surface area contributed by atoms with Gasteiger partial charge in [-0.1, -0.05) is 0 Å². The molecular weight excluding hydrogens is 228 g/mol. The van der Waals surface area contributed by atoms with Gasteiger partial charge in [-0.05, 0) is 6.42 Å². The smallest absolute Gasteiger partial charge is 0.315 e. The largest absolute Gasteiger partial charge is 0.481 e. The molecule has 0 bridgehead atoms. The van der Waals surface area contributed by atoms with Crippen LogP contribution in [0.5, 0.6) is 0 Å². The van der Waals surface area contributed by atoms with Gasteiger partial charge in [0.15, 0.2) is 5.76 Å². The fraction of sp³-hybridized carbons (Fsp3) is 0.636. The van der Waals surface area contributed by atoms with Gasteiger partial charge in [0.25, 0.3) is 0 Å². The summed E-state index contributed by atoms with van der Waals surface area (Å²) in [4.78, 5) is 22.9. The molecule has 17 heavy (non-hydrogen) atoms. The number of epoxide rings is 1. The van der Waals surface area contributed by atoms with Crippen LogP contribution in [-0.2, 0) is 23.8 Å². The van der Waals surface area contributed by atoms with Gasteiger partial charge in [-0.25, -0.2) is 0 Å². The normalized spacial score (nSPS) is 33.5. The third kappa shape index (κ3) is 2.00. The van der Waals surface area contributed by atoms with Gasteiger partial charge in [0.1, 0.15) is 24.4 Å². The fourth-order valence-electron chi connectivity index (χ4n) is 2.14. The summed E-state index contributed by atoms with van der Waals surface area (Å²) >= 11 is 0. The summed E-state index contributed by atoms with van der Waals surface area (Å²) in [5, 5.41) is 9.10. The minimum Gasteiger partial charge on any atom is -0.481 e. The van der Waals surface area contributed by atoms with Gasteiger partial charge in [0, 0.05) is 6.42 Å². The van der Waals surface area contributed by atoms with Crippen molar-refractivity contribution in [3.05, 3.63) is 11.5 Å². The van der Waals surface area contributed by atoms with Crippen LogP contribution in [0.4, 0.5) is 0 Å². The highest BCUT2D eigenvalue weighted by Gasteiger charge is 2.50. The maximum Gasteiger partial charge on any atom is 0.315 e. The molecule has 1 saturated heterocycles. The lowest BCUT2D eigenvalue weighted by Crippen LogP contribution is -2.32. The predicted octanol–water partition coefficient (Wildman–Crippen LogP) is 0.281. The number of carbonyl (C=O) groups is 2. The van der Waals surface area contributed by atoms with Crippen molar-refractivity contribution in [2.24, 2.45) is 11.8 Å². The van der Waals surface area contributed by atoms with Gasteiger partial charge in [-0.3, -0.25) is 9.59 Å². The first-order chi connectivity index (χ1) is 8.16. The number of hydrogen-bond donors (Lipinski definition) is 1. The number of ether oxygens (including phenoxy) is 3. The van der Waals surface area contributed by atoms with E-state index < -0.39 is 23.8 Å². The molecular formula is C11H12O6. The molecule has 2 heterocycles. The average molecular weight is 240 g/mol. The fourth-order valence-corrected chi connectivity index (χ4v) is 2.14. The van der Waals surface area contributed by atoms with Crippen molar-refractivity contribution in [2.75, 3.05) is 13.2 Å². The Labute approximate surface area is 97.1 Å². The molecule has 2 aliphatic heterocycles. The Balaban J connectivity index is 1.65. The number of carboxylic acid groups (broad SMARTS) is 1. The zero-order chi connectivity index (χ0) is 12.0. The van der Waals surface area contributed by atoms with Crippen molar-refractivity contribution in [1.82, 2.24) is 0 Å². The summed E-state index contributed by atoms with van der Waals surface area (Å²) in [5.41, 5.74) is 0. The van der Waals surface area contributed by atoms with Crippen LogP contribution in [0.1, 0.15) is 12.8 Å². The molecule has 3 aliphatic rings. The van der Waals surface area contributed by atoms with Crippen LogP contribution in [0.15, 0.2) is 11.5 Å². The van der Waals surface area contributed by atoms with Crippen LogP contribution in [0, 0.1) is 11.8 Å². The number of carbonyl (C=O) groups excluding carboxylic acids is 1. The molecule has 0 radical (unpaired) electrons. The Bertz CT molecular complexity index is 408. The summed E-state index contributed by atoms with van der Waals surface area (Å²) in [7, 11) is 0. The lowest BCUT2D eigenvalue weighted by molar-refractivity contribution is -0.157. The van der Waals surface area contributed by atoms with E-state index in [1.165, 1.54) is 0 Å². The molecule has 3 atom stereocenters. The van der Waals surface area contributed by atoms with Crippen molar-refractivity contribution in [3.63, 3.8) is 0 Å². The number of aliphatic carboxylic acids is 1. The van der Waals surface area contributed by atoms with E-state index in [2.05, 4.69) is 0 Å². The van der Waals surface area contributed by atoms with Gasteiger partial charge in [-0.2, -0.15) is 0 Å². The Morgan fingerprint density at radius 1 is 1.47 bits per heavy atom. The SMILES string of the molecule is O=C(OCC1CO1)C1CCC2=C(O2)C1C(=O)O. The van der Waals surface area contributed by atoms with Crippen LogP contribution < -0.4 is 0 Å². The second-order valence-corrected chi connectivity index (χ2v) is 4.44. The molecule has 3 unspecified atom stereocenters. The van der Waals surface area contributed by atoms with Crippen molar-refractivity contribution in [1.29, 1.82) is 0 Å². The number of esters is 1. The summed E-state index contributed by atoms with van der Waals surface area (Å²) in [6.45, 7) is 0.827. The van der Waals surface area contributed by atoms with Crippen molar-refractivity contribution < 1.29 is 28.9 Å². The maximum atomic E-state index is 11.8. The monoisotopic (exact) mass is 240 g/mol. The summed E-state index contributed by atoms with van der Waals surface area (Å²) in [6, 6.07) is 0. The second kappa shape index (κ2) is 3.73. The molecule has 6 heteroatoms. The first-order valence-corrected chi connectivity index (χ1v) is 5.58. The summed E-state index contributed by atoms with van der Waals surface area (Å²) in [6.07, 6.45) is 1.09. The van der Waals surface area contributed by atoms with E-state index in [1.54, 1.807) is 0 Å². The van der Waals surface area contributed by atoms with Crippen molar-refractivity contribution in [3.8, 4) is 0 Å². The van der Waals surface area contributed by atoms with E-state index in [4.69, 9.17) is 19.3 Å². The highest BCUT2D eigenvalue weighted by atomic mass is 16.6. The zero-order valence-electron chi connectivity index (χ0n) is 9.05. The zero-order valence-corrected chi connectivity index (χ0v) is 9.05. The van der Waals surface area contributed by atoms with Crippen LogP contribution in [-0.4, -0.2) is 36.4 Å². The Morgan fingerprint density at radius 2 is 2.24 bits per heavy atom. The molecule has 1 N–H and O–H groups in total. The van der Waals surface area contributed by atoms with Crippen molar-refractivity contribution in [2.45, 2.75) is 18.9 Å². The van der Waals surface area contributed by atoms with Gasteiger partial charge in [-0.15, -0.1) is 0 Å². The predicted molar refractivity (Wildman–Crippen MR) is 52.7 cm³/mol. The highest BCUT2D eigenvalue weighted by molar-refractivity contribution is 5.84. The highest BCUT2D eigenvalue weighted by Crippen LogP contribution is 2.46. The minimum absolute atomic E-state index is 0.00206. The number of rotatable bonds is 4. The maximum absolute atomic E-state index is 11.8. The summed E-state index contributed by atoms with van der Waals surface area (Å²) < 4.78 is 15.1. The van der Waals surface area contributed by atoms with Gasteiger partial charge in [0.2, 0.25) is 0 Å². The van der Waals surface area contributed by atoms with Crippen LogP contribution in [0.25, 0.3) is 0 Å². The van der Waals surface area contributed by atoms with E-state index in [0.717, 1.165) is 5.76 Å². The number of hydrogen-bond acceptors (Lipinski definition) is 5. The third-order valence-corrected chi connectivity index (χ3v) is 3.22. The van der Waals surface area contributed by atoms with E-state index >= 15 is 0 Å². The quantitative estimate of drug-likeness (QED) is 0.561. The molecule has 0 aromatic rings. The molecule has 0 saturated carbocycles. The van der Waals surface area contributed by atoms with E-state index in [0.29, 0.717) is 25.2 Å². The van der Waals surface area contributed by atoms with Crippen molar-refractivity contribution >= 4 is 11.9 Å². The van der Waals surface area contributed by atoms with E-state index in [9.17, 15) is 9.59 Å². The standard InChI is InChI=1S/C11H12O6/c12-10(13)8-6(1-2-7-9(8)17-7)11(14)16-4-5-3-15-5/h5-6,8H,1-4H2,(H,12,13). The molecule has 1 fully saturated rings. The van der Waals surface area contributed by atoms with Gasteiger partial charge in [0.05, 0.1) is 12.5 Å². The third-order valence-electron chi connectivity index (χ3n) is 3.22. The van der Waals surface area contributed by atoms with Gasteiger partial charge < -0.3 is 19.3 Å². The molecule has 92 valence electrons. The second-order valence-electron chi connectivity index (χ2n) is 4.44. The summed E-state index contributed by atoms with van der Waals surface area (Å²) in [5.74, 6) is -1.81. The molecule has 1 aliphatic carbocycles. The molecule has 0 aromatic heterocycles. The van der Waals surface area contributed by atoms with Crippen LogP contribution in [0.2, 0.25) is 0 Å². The average Bonchev–Trinajstić information content (AvgIpc) is 3.15. The minimum atomic E-state index is -1.03. The number of carboxylic acids is 1. The van der Waals surface area contributed by atoms with Gasteiger partial charge >= 0.3 is 11.9 Å². The first-order valence-electron chi connectivity index (χ1n) is 5.58. The first kappa shape index (κ1) is 10.6. The van der Waals surface area contributed by atoms with Crippen LogP contribution >= 0.6 is 0 Å². The topological polar surface area (TPSA) is 88.7 Å². The lowest BCUT2D eigenvalue weighted by atomic mass is 9.84. The molecule has 6 nitrogen and oxygen atoms in total.